The molecule has 0 fully saturated rings. The van der Waals surface area contributed by atoms with Gasteiger partial charge in [0.2, 0.25) is 0 Å². The fourth-order valence-corrected chi connectivity index (χ4v) is 1.43. The van der Waals surface area contributed by atoms with E-state index in [1.165, 1.54) is 19.2 Å². The molecule has 0 radical (unpaired) electrons. The summed E-state index contributed by atoms with van der Waals surface area (Å²) in [5.74, 6) is -1.14. The molecular weight excluding hydrogens is 234 g/mol. The number of benzene rings is 1. The topological polar surface area (TPSA) is 55.8 Å². The Hall–Kier alpha value is -1.69. The molecule has 1 aromatic carbocycles. The predicted molar refractivity (Wildman–Crippen MR) is 54.9 cm³/mol. The van der Waals surface area contributed by atoms with E-state index in [0.29, 0.717) is 0 Å². The molecule has 0 saturated carbocycles. The largest absolute Gasteiger partial charge is 0.496 e. The molecule has 1 atom stereocenters. The van der Waals surface area contributed by atoms with Crippen molar-refractivity contribution in [2.24, 2.45) is 0 Å². The Labute approximate surface area is 96.8 Å². The zero-order valence-electron chi connectivity index (χ0n) is 9.31. The Bertz CT molecular complexity index is 406. The highest BCUT2D eigenvalue weighted by Gasteiger charge is 2.25. The van der Waals surface area contributed by atoms with Crippen LogP contribution in [0, 0.1) is 0 Å². The molecule has 1 N–H and O–H groups in total. The van der Waals surface area contributed by atoms with Gasteiger partial charge in [0.15, 0.2) is 6.10 Å². The molecule has 0 saturated heterocycles. The summed E-state index contributed by atoms with van der Waals surface area (Å²) in [7, 11) is 2.28. The lowest BCUT2D eigenvalue weighted by Crippen LogP contribution is -2.15. The SMILES string of the molecule is COC(=O)C(O)c1cccc(C(F)F)c1OC. The van der Waals surface area contributed by atoms with Crippen LogP contribution in [0.5, 0.6) is 5.75 Å². The van der Waals surface area contributed by atoms with Gasteiger partial charge in [-0.05, 0) is 6.07 Å². The van der Waals surface area contributed by atoms with Crippen LogP contribution in [0.25, 0.3) is 0 Å². The molecule has 1 unspecified atom stereocenters. The number of alkyl halides is 2. The second kappa shape index (κ2) is 5.58. The highest BCUT2D eigenvalue weighted by Crippen LogP contribution is 2.35. The van der Waals surface area contributed by atoms with Crippen molar-refractivity contribution in [1.29, 1.82) is 0 Å². The summed E-state index contributed by atoms with van der Waals surface area (Å²) in [5.41, 5.74) is -0.426. The Morgan fingerprint density at radius 1 is 1.29 bits per heavy atom. The van der Waals surface area contributed by atoms with Gasteiger partial charge in [0.25, 0.3) is 6.43 Å². The number of carbonyl (C=O) groups is 1. The number of halogens is 2. The van der Waals surface area contributed by atoms with Crippen molar-refractivity contribution >= 4 is 5.97 Å². The first-order chi connectivity index (χ1) is 8.02. The Morgan fingerprint density at radius 3 is 2.35 bits per heavy atom. The normalized spacial score (nSPS) is 12.4. The third-order valence-electron chi connectivity index (χ3n) is 2.23. The van der Waals surface area contributed by atoms with Crippen LogP contribution in [0.1, 0.15) is 23.7 Å². The number of aliphatic hydroxyl groups is 1. The minimum Gasteiger partial charge on any atom is -0.496 e. The minimum atomic E-state index is -2.75. The summed E-state index contributed by atoms with van der Waals surface area (Å²) < 4.78 is 34.5. The average molecular weight is 246 g/mol. The number of methoxy groups -OCH3 is 2. The van der Waals surface area contributed by atoms with Crippen LogP contribution in [-0.2, 0) is 9.53 Å². The Balaban J connectivity index is 3.24. The highest BCUT2D eigenvalue weighted by atomic mass is 19.3. The second-order valence-corrected chi connectivity index (χ2v) is 3.20. The third-order valence-corrected chi connectivity index (χ3v) is 2.23. The molecule has 0 aliphatic heterocycles. The molecule has 6 heteroatoms. The Morgan fingerprint density at radius 2 is 1.88 bits per heavy atom. The number of hydrogen-bond donors (Lipinski definition) is 1. The maximum atomic E-state index is 12.7. The molecular formula is C11H12F2O4. The van der Waals surface area contributed by atoms with E-state index in [9.17, 15) is 18.7 Å². The second-order valence-electron chi connectivity index (χ2n) is 3.20. The smallest absolute Gasteiger partial charge is 0.339 e. The van der Waals surface area contributed by atoms with Gasteiger partial charge in [-0.25, -0.2) is 13.6 Å². The summed E-state index contributed by atoms with van der Waals surface area (Å²) in [6.07, 6.45) is -4.40. The third kappa shape index (κ3) is 2.71. The van der Waals surface area contributed by atoms with Gasteiger partial charge < -0.3 is 14.6 Å². The minimum absolute atomic E-state index is 0.0443. The first-order valence-corrected chi connectivity index (χ1v) is 4.73. The summed E-state index contributed by atoms with van der Waals surface area (Å²) >= 11 is 0. The van der Waals surface area contributed by atoms with Crippen molar-refractivity contribution in [3.8, 4) is 5.75 Å². The molecule has 94 valence electrons. The fraction of sp³-hybridized carbons (Fsp3) is 0.364. The highest BCUT2D eigenvalue weighted by molar-refractivity contribution is 5.77. The van der Waals surface area contributed by atoms with Gasteiger partial charge in [0, 0.05) is 5.56 Å². The lowest BCUT2D eigenvalue weighted by atomic mass is 10.0. The summed E-state index contributed by atoms with van der Waals surface area (Å²) in [4.78, 5) is 11.1. The maximum absolute atomic E-state index is 12.7. The number of ether oxygens (including phenoxy) is 2. The molecule has 0 aromatic heterocycles. The molecule has 4 nitrogen and oxygen atoms in total. The van der Waals surface area contributed by atoms with E-state index in [1.807, 2.05) is 0 Å². The monoisotopic (exact) mass is 246 g/mol. The molecule has 0 amide bonds. The molecule has 0 bridgehead atoms. The van der Waals surface area contributed by atoms with Crippen LogP contribution in [0.4, 0.5) is 8.78 Å². The fourth-order valence-electron chi connectivity index (χ4n) is 1.43. The lowest BCUT2D eigenvalue weighted by molar-refractivity contribution is -0.150. The van der Waals surface area contributed by atoms with Crippen molar-refractivity contribution in [2.75, 3.05) is 14.2 Å². The van der Waals surface area contributed by atoms with Crippen LogP contribution in [0.15, 0.2) is 18.2 Å². The number of hydrogen-bond acceptors (Lipinski definition) is 4. The quantitative estimate of drug-likeness (QED) is 0.823. The van der Waals surface area contributed by atoms with Crippen LogP contribution in [-0.4, -0.2) is 25.3 Å². The van der Waals surface area contributed by atoms with E-state index in [-0.39, 0.29) is 16.9 Å². The molecule has 0 heterocycles. The summed E-state index contributed by atoms with van der Waals surface area (Å²) in [6, 6.07) is 3.80. The molecule has 0 aliphatic carbocycles. The number of rotatable bonds is 4. The van der Waals surface area contributed by atoms with E-state index in [0.717, 1.165) is 13.2 Å². The number of esters is 1. The van der Waals surface area contributed by atoms with Crippen LogP contribution in [0.3, 0.4) is 0 Å². The van der Waals surface area contributed by atoms with Crippen molar-refractivity contribution in [3.05, 3.63) is 29.3 Å². The van der Waals surface area contributed by atoms with E-state index >= 15 is 0 Å². The average Bonchev–Trinajstić information content (AvgIpc) is 2.35. The predicted octanol–water partition coefficient (Wildman–Crippen LogP) is 1.84. The van der Waals surface area contributed by atoms with Crippen molar-refractivity contribution in [3.63, 3.8) is 0 Å². The first kappa shape index (κ1) is 13.4. The van der Waals surface area contributed by atoms with E-state index in [1.54, 1.807) is 0 Å². The van der Waals surface area contributed by atoms with Crippen LogP contribution >= 0.6 is 0 Å². The van der Waals surface area contributed by atoms with Crippen molar-refractivity contribution in [1.82, 2.24) is 0 Å². The number of aliphatic hydroxyl groups excluding tert-OH is 1. The van der Waals surface area contributed by atoms with Gasteiger partial charge in [0.05, 0.1) is 19.8 Å². The Kier molecular flexibility index (Phi) is 4.39. The van der Waals surface area contributed by atoms with Crippen LogP contribution < -0.4 is 4.74 Å². The van der Waals surface area contributed by atoms with Gasteiger partial charge in [-0.2, -0.15) is 0 Å². The van der Waals surface area contributed by atoms with Crippen LogP contribution in [0.2, 0.25) is 0 Å². The number of carbonyl (C=O) groups excluding carboxylic acids is 1. The summed E-state index contributed by atoms with van der Waals surface area (Å²) in [5, 5.41) is 9.61. The molecule has 1 rings (SSSR count). The van der Waals surface area contributed by atoms with Gasteiger partial charge >= 0.3 is 5.97 Å². The van der Waals surface area contributed by atoms with Gasteiger partial charge in [-0.15, -0.1) is 0 Å². The zero-order valence-corrected chi connectivity index (χ0v) is 9.31. The molecule has 1 aromatic rings. The van der Waals surface area contributed by atoms with E-state index in [2.05, 4.69) is 4.74 Å². The number of para-hydroxylation sites is 1. The maximum Gasteiger partial charge on any atom is 0.339 e. The molecule has 0 aliphatic rings. The van der Waals surface area contributed by atoms with Gasteiger partial charge in [-0.3, -0.25) is 0 Å². The van der Waals surface area contributed by atoms with Crippen molar-refractivity contribution in [2.45, 2.75) is 12.5 Å². The molecule has 0 spiro atoms. The lowest BCUT2D eigenvalue weighted by Gasteiger charge is -2.15. The van der Waals surface area contributed by atoms with Crippen molar-refractivity contribution < 1.29 is 28.2 Å². The first-order valence-electron chi connectivity index (χ1n) is 4.73. The van der Waals surface area contributed by atoms with Gasteiger partial charge in [-0.1, -0.05) is 12.1 Å². The van der Waals surface area contributed by atoms with E-state index < -0.39 is 18.5 Å². The summed E-state index contributed by atoms with van der Waals surface area (Å²) in [6.45, 7) is 0. The van der Waals surface area contributed by atoms with Gasteiger partial charge in [0.1, 0.15) is 5.75 Å². The zero-order chi connectivity index (χ0) is 13.0. The van der Waals surface area contributed by atoms with E-state index in [4.69, 9.17) is 4.74 Å². The molecule has 17 heavy (non-hydrogen) atoms. The standard InChI is InChI=1S/C11H12F2O4/c1-16-9-6(8(14)11(15)17-2)4-3-5-7(9)10(12)13/h3-5,8,10,14H,1-2H3.